The summed E-state index contributed by atoms with van der Waals surface area (Å²) in [5, 5.41) is 5.75. The highest BCUT2D eigenvalue weighted by Gasteiger charge is 2.10. The lowest BCUT2D eigenvalue weighted by molar-refractivity contribution is -0.120. The number of hydrazone groups is 1. The Morgan fingerprint density at radius 1 is 0.968 bits per heavy atom. The smallest absolute Gasteiger partial charge is 0.244 e. The van der Waals surface area contributed by atoms with Gasteiger partial charge >= 0.3 is 0 Å². The van der Waals surface area contributed by atoms with Crippen LogP contribution < -0.4 is 10.2 Å². The van der Waals surface area contributed by atoms with Crippen molar-refractivity contribution in [1.82, 2.24) is 5.43 Å². The molecule has 1 N–H and O–H groups in total. The Kier molecular flexibility index (Phi) is 8.81. The summed E-state index contributed by atoms with van der Waals surface area (Å²) in [6, 6.07) is 16.0. The summed E-state index contributed by atoms with van der Waals surface area (Å²) >= 11 is 25.0. The molecule has 0 unspecified atom stereocenters. The number of carbonyl (C=O) groups is 1. The van der Waals surface area contributed by atoms with E-state index < -0.39 is 0 Å². The lowest BCUT2D eigenvalue weighted by atomic mass is 10.1. The molecule has 0 aromatic heterocycles. The van der Waals surface area contributed by atoms with Crippen LogP contribution in [0.15, 0.2) is 68.6 Å². The molecule has 31 heavy (non-hydrogen) atoms. The molecular weight excluding hydrogens is 590 g/mol. The van der Waals surface area contributed by atoms with E-state index in [1.54, 1.807) is 42.6 Å². The molecule has 0 saturated heterocycles. The molecule has 3 aromatic carbocycles. The number of amides is 1. The van der Waals surface area contributed by atoms with Gasteiger partial charge in [0.05, 0.1) is 21.6 Å². The number of benzene rings is 3. The molecule has 0 atom stereocenters. The first kappa shape index (κ1) is 24.1. The highest BCUT2D eigenvalue weighted by Crippen LogP contribution is 2.35. The van der Waals surface area contributed by atoms with Gasteiger partial charge in [-0.1, -0.05) is 53.0 Å². The molecule has 0 bridgehead atoms. The topological polar surface area (TPSA) is 50.7 Å². The summed E-state index contributed by atoms with van der Waals surface area (Å²) < 4.78 is 7.35. The van der Waals surface area contributed by atoms with Gasteiger partial charge < -0.3 is 4.74 Å². The van der Waals surface area contributed by atoms with E-state index in [0.717, 1.165) is 25.6 Å². The van der Waals surface area contributed by atoms with Crippen LogP contribution in [0.4, 0.5) is 0 Å². The molecule has 3 aromatic rings. The van der Waals surface area contributed by atoms with Crippen LogP contribution in [-0.2, 0) is 17.8 Å². The van der Waals surface area contributed by atoms with Crippen LogP contribution in [0.25, 0.3) is 0 Å². The molecular formula is C22H15Br2Cl3N2O2. The number of halogens is 5. The molecule has 3 rings (SSSR count). The Morgan fingerprint density at radius 3 is 2.26 bits per heavy atom. The van der Waals surface area contributed by atoms with Crippen LogP contribution in [0, 0.1) is 0 Å². The largest absolute Gasteiger partial charge is 0.486 e. The van der Waals surface area contributed by atoms with Gasteiger partial charge in [-0.3, -0.25) is 4.79 Å². The summed E-state index contributed by atoms with van der Waals surface area (Å²) in [5.74, 6) is 0.395. The first-order valence-corrected chi connectivity index (χ1v) is 11.7. The average Bonchev–Trinajstić information content (AvgIpc) is 2.70. The zero-order valence-electron chi connectivity index (χ0n) is 15.8. The van der Waals surface area contributed by atoms with Crippen molar-refractivity contribution < 1.29 is 9.53 Å². The second-order valence-corrected chi connectivity index (χ2v) is 9.42. The maximum atomic E-state index is 12.0. The minimum absolute atomic E-state index is 0.210. The van der Waals surface area contributed by atoms with E-state index in [1.165, 1.54) is 0 Å². The van der Waals surface area contributed by atoms with Gasteiger partial charge in [-0.2, -0.15) is 5.10 Å². The Hall–Kier alpha value is -1.57. The lowest BCUT2D eigenvalue weighted by Gasteiger charge is -2.12. The molecule has 0 fully saturated rings. The van der Waals surface area contributed by atoms with Gasteiger partial charge in [0.1, 0.15) is 12.4 Å². The minimum Gasteiger partial charge on any atom is -0.486 e. The zero-order valence-corrected chi connectivity index (χ0v) is 21.3. The average molecular weight is 606 g/mol. The standard InChI is InChI=1S/C22H15Br2Cl3N2O2/c23-18-7-14(11-28-29-21(30)9-13-1-4-16(25)5-2-13)8-19(24)22(18)31-12-15-3-6-17(26)10-20(15)27/h1-8,10-11H,9,12H2,(H,29,30)/b28-11-. The van der Waals surface area contributed by atoms with Gasteiger partial charge in [-0.25, -0.2) is 5.43 Å². The summed E-state index contributed by atoms with van der Waals surface area (Å²) in [6.45, 7) is 0.279. The van der Waals surface area contributed by atoms with Gasteiger partial charge in [-0.05, 0) is 79.4 Å². The maximum absolute atomic E-state index is 12.0. The van der Waals surface area contributed by atoms with Crippen molar-refractivity contribution in [3.05, 3.63) is 95.3 Å². The summed E-state index contributed by atoms with van der Waals surface area (Å²) in [6.07, 6.45) is 1.76. The minimum atomic E-state index is -0.225. The molecule has 0 saturated carbocycles. The zero-order chi connectivity index (χ0) is 22.4. The number of ether oxygens (including phenoxy) is 1. The van der Waals surface area contributed by atoms with Crippen molar-refractivity contribution in [1.29, 1.82) is 0 Å². The van der Waals surface area contributed by atoms with Gasteiger partial charge in [-0.15, -0.1) is 0 Å². The second-order valence-electron chi connectivity index (χ2n) is 6.43. The van der Waals surface area contributed by atoms with Gasteiger partial charge in [0.15, 0.2) is 0 Å². The van der Waals surface area contributed by atoms with E-state index in [0.29, 0.717) is 20.8 Å². The van der Waals surface area contributed by atoms with E-state index >= 15 is 0 Å². The number of nitrogens with zero attached hydrogens (tertiary/aromatic N) is 1. The van der Waals surface area contributed by atoms with E-state index in [9.17, 15) is 4.79 Å². The number of carbonyl (C=O) groups excluding carboxylic acids is 1. The van der Waals surface area contributed by atoms with Crippen LogP contribution in [-0.4, -0.2) is 12.1 Å². The van der Waals surface area contributed by atoms with Crippen molar-refractivity contribution in [2.24, 2.45) is 5.10 Å². The van der Waals surface area contributed by atoms with Crippen molar-refractivity contribution in [3.63, 3.8) is 0 Å². The van der Waals surface area contributed by atoms with Gasteiger partial charge in [0.2, 0.25) is 5.91 Å². The summed E-state index contributed by atoms with van der Waals surface area (Å²) in [5.41, 5.74) is 4.95. The van der Waals surface area contributed by atoms with Gasteiger partial charge in [0, 0.05) is 20.6 Å². The molecule has 0 spiro atoms. The fourth-order valence-electron chi connectivity index (χ4n) is 2.59. The Labute approximate surface area is 211 Å². The van der Waals surface area contributed by atoms with E-state index in [1.807, 2.05) is 18.2 Å². The quantitative estimate of drug-likeness (QED) is 0.225. The van der Waals surface area contributed by atoms with Crippen molar-refractivity contribution in [2.45, 2.75) is 13.0 Å². The van der Waals surface area contributed by atoms with Gasteiger partial charge in [0.25, 0.3) is 0 Å². The first-order valence-electron chi connectivity index (χ1n) is 8.94. The van der Waals surface area contributed by atoms with Crippen molar-refractivity contribution in [2.75, 3.05) is 0 Å². The van der Waals surface area contributed by atoms with Crippen molar-refractivity contribution in [3.8, 4) is 5.75 Å². The van der Waals surface area contributed by atoms with Crippen LogP contribution in [0.1, 0.15) is 16.7 Å². The lowest BCUT2D eigenvalue weighted by Crippen LogP contribution is -2.19. The highest BCUT2D eigenvalue weighted by atomic mass is 79.9. The predicted octanol–water partition coefficient (Wildman–Crippen LogP) is 7.44. The third-order valence-electron chi connectivity index (χ3n) is 4.09. The Bertz CT molecular complexity index is 1100. The molecule has 0 aliphatic rings. The highest BCUT2D eigenvalue weighted by molar-refractivity contribution is 9.11. The molecule has 0 heterocycles. The normalized spacial score (nSPS) is 11.0. The number of nitrogens with one attached hydrogen (secondary N) is 1. The van der Waals surface area contributed by atoms with Crippen LogP contribution in [0.2, 0.25) is 15.1 Å². The third kappa shape index (κ3) is 7.22. The molecule has 9 heteroatoms. The molecule has 0 aliphatic heterocycles. The summed E-state index contributed by atoms with van der Waals surface area (Å²) in [4.78, 5) is 12.0. The molecule has 4 nitrogen and oxygen atoms in total. The predicted molar refractivity (Wildman–Crippen MR) is 134 cm³/mol. The Morgan fingerprint density at radius 2 is 1.61 bits per heavy atom. The number of hydrogen-bond donors (Lipinski definition) is 1. The molecule has 160 valence electrons. The monoisotopic (exact) mass is 602 g/mol. The maximum Gasteiger partial charge on any atom is 0.244 e. The number of hydrogen-bond acceptors (Lipinski definition) is 3. The fourth-order valence-corrected chi connectivity index (χ4v) is 4.63. The molecule has 1 amide bonds. The van der Waals surface area contributed by atoms with Crippen LogP contribution in [0.3, 0.4) is 0 Å². The van der Waals surface area contributed by atoms with Crippen LogP contribution in [0.5, 0.6) is 5.75 Å². The fraction of sp³-hybridized carbons (Fsp3) is 0.0909. The van der Waals surface area contributed by atoms with E-state index in [-0.39, 0.29) is 18.9 Å². The SMILES string of the molecule is O=C(Cc1ccc(Cl)cc1)N/N=C\c1cc(Br)c(OCc2ccc(Cl)cc2Cl)c(Br)c1. The number of rotatable bonds is 7. The second kappa shape index (κ2) is 11.3. The Balaban J connectivity index is 1.60. The van der Waals surface area contributed by atoms with E-state index in [2.05, 4.69) is 42.4 Å². The van der Waals surface area contributed by atoms with Crippen molar-refractivity contribution >= 4 is 78.8 Å². The molecule has 0 radical (unpaired) electrons. The first-order chi connectivity index (χ1) is 14.8. The summed E-state index contributed by atoms with van der Waals surface area (Å²) in [7, 11) is 0. The molecule has 0 aliphatic carbocycles. The van der Waals surface area contributed by atoms with E-state index in [4.69, 9.17) is 39.5 Å². The van der Waals surface area contributed by atoms with Crippen LogP contribution >= 0.6 is 66.7 Å². The third-order valence-corrected chi connectivity index (χ3v) is 6.11.